The van der Waals surface area contributed by atoms with Gasteiger partial charge < -0.3 is 10.1 Å². The van der Waals surface area contributed by atoms with E-state index in [0.29, 0.717) is 12.5 Å². The van der Waals surface area contributed by atoms with E-state index >= 15 is 0 Å². The fraction of sp³-hybridized carbons (Fsp3) is 0.632. The monoisotopic (exact) mass is 318 g/mol. The first kappa shape index (κ1) is 17.8. The molecular formula is C19H30N2O2. The number of hydrogen-bond acceptors (Lipinski definition) is 3. The second-order valence-corrected chi connectivity index (χ2v) is 7.73. The van der Waals surface area contributed by atoms with Crippen LogP contribution in [0.15, 0.2) is 24.3 Å². The summed E-state index contributed by atoms with van der Waals surface area (Å²) >= 11 is 0. The van der Waals surface area contributed by atoms with Gasteiger partial charge in [0.2, 0.25) is 0 Å². The topological polar surface area (TPSA) is 41.6 Å². The summed E-state index contributed by atoms with van der Waals surface area (Å²) in [6.45, 7) is 12.4. The van der Waals surface area contributed by atoms with Crippen LogP contribution in [0.5, 0.6) is 0 Å². The third-order valence-electron chi connectivity index (χ3n) is 3.88. The van der Waals surface area contributed by atoms with Crippen LogP contribution in [0.3, 0.4) is 0 Å². The first-order chi connectivity index (χ1) is 10.8. The van der Waals surface area contributed by atoms with E-state index in [9.17, 15) is 4.79 Å². The van der Waals surface area contributed by atoms with Gasteiger partial charge in [0.15, 0.2) is 0 Å². The summed E-state index contributed by atoms with van der Waals surface area (Å²) in [6.07, 6.45) is 0.856. The number of carbonyl (C=O) groups is 1. The molecule has 1 amide bonds. The van der Waals surface area contributed by atoms with Gasteiger partial charge in [0, 0.05) is 19.6 Å². The summed E-state index contributed by atoms with van der Waals surface area (Å²) in [7, 11) is 0. The minimum absolute atomic E-state index is 0.0340. The van der Waals surface area contributed by atoms with E-state index in [-0.39, 0.29) is 12.1 Å². The highest BCUT2D eigenvalue weighted by molar-refractivity contribution is 5.69. The van der Waals surface area contributed by atoms with Crippen LogP contribution >= 0.6 is 0 Å². The van der Waals surface area contributed by atoms with Gasteiger partial charge in [-0.3, -0.25) is 4.90 Å². The molecule has 1 atom stereocenters. The number of ether oxygens (including phenoxy) is 1. The van der Waals surface area contributed by atoms with E-state index in [1.165, 1.54) is 5.56 Å². The van der Waals surface area contributed by atoms with Crippen molar-refractivity contribution in [2.24, 2.45) is 5.92 Å². The van der Waals surface area contributed by atoms with Crippen LogP contribution in [0.1, 0.15) is 51.8 Å². The second kappa shape index (κ2) is 7.35. The van der Waals surface area contributed by atoms with Gasteiger partial charge in [0.1, 0.15) is 5.60 Å². The lowest BCUT2D eigenvalue weighted by molar-refractivity contribution is 0.0118. The molecule has 128 valence electrons. The number of nitrogens with one attached hydrogen (secondary N) is 1. The molecule has 0 spiro atoms. The number of piperazine rings is 1. The number of nitrogens with zero attached hydrogens (tertiary/aromatic N) is 1. The molecule has 1 aliphatic heterocycles. The van der Waals surface area contributed by atoms with Gasteiger partial charge in [0.25, 0.3) is 0 Å². The zero-order chi connectivity index (χ0) is 17.0. The van der Waals surface area contributed by atoms with E-state index in [0.717, 1.165) is 25.1 Å². The summed E-state index contributed by atoms with van der Waals surface area (Å²) < 4.78 is 5.56. The van der Waals surface area contributed by atoms with Crippen molar-refractivity contribution < 1.29 is 9.53 Å². The zero-order valence-corrected chi connectivity index (χ0v) is 15.1. The lowest BCUT2D eigenvalue weighted by Gasteiger charge is -2.37. The van der Waals surface area contributed by atoms with Crippen LogP contribution in [0, 0.1) is 5.92 Å². The van der Waals surface area contributed by atoms with Gasteiger partial charge in [-0.15, -0.1) is 0 Å². The SMILES string of the molecule is CC(C)Cc1ccc(C2CNCCN2C(=O)OC(C)(C)C)cc1. The summed E-state index contributed by atoms with van der Waals surface area (Å²) in [4.78, 5) is 14.3. The Bertz CT molecular complexity index is 517. The van der Waals surface area contributed by atoms with Gasteiger partial charge in [-0.1, -0.05) is 38.1 Å². The zero-order valence-electron chi connectivity index (χ0n) is 15.1. The molecule has 1 fully saturated rings. The number of benzene rings is 1. The lowest BCUT2D eigenvalue weighted by atomic mass is 9.98. The number of carbonyl (C=O) groups excluding carboxylic acids is 1. The largest absolute Gasteiger partial charge is 0.444 e. The van der Waals surface area contributed by atoms with E-state index in [2.05, 4.69) is 43.4 Å². The van der Waals surface area contributed by atoms with Crippen molar-refractivity contribution in [1.82, 2.24) is 10.2 Å². The molecule has 1 unspecified atom stereocenters. The van der Waals surface area contributed by atoms with Crippen molar-refractivity contribution in [3.8, 4) is 0 Å². The van der Waals surface area contributed by atoms with Crippen molar-refractivity contribution in [3.63, 3.8) is 0 Å². The normalized spacial score (nSPS) is 19.0. The highest BCUT2D eigenvalue weighted by Crippen LogP contribution is 2.25. The molecule has 0 aliphatic carbocycles. The molecule has 1 saturated heterocycles. The van der Waals surface area contributed by atoms with Gasteiger partial charge in [0.05, 0.1) is 6.04 Å². The van der Waals surface area contributed by atoms with Crippen molar-refractivity contribution in [2.75, 3.05) is 19.6 Å². The van der Waals surface area contributed by atoms with Crippen LogP contribution in [-0.4, -0.2) is 36.2 Å². The molecule has 4 heteroatoms. The van der Waals surface area contributed by atoms with E-state index in [1.54, 1.807) is 0 Å². The molecule has 1 aromatic carbocycles. The Morgan fingerprint density at radius 3 is 2.52 bits per heavy atom. The van der Waals surface area contributed by atoms with Crippen molar-refractivity contribution in [3.05, 3.63) is 35.4 Å². The molecule has 1 heterocycles. The smallest absolute Gasteiger partial charge is 0.410 e. The van der Waals surface area contributed by atoms with Crippen LogP contribution in [-0.2, 0) is 11.2 Å². The molecule has 4 nitrogen and oxygen atoms in total. The summed E-state index contributed by atoms with van der Waals surface area (Å²) in [5, 5.41) is 3.38. The fourth-order valence-electron chi connectivity index (χ4n) is 2.89. The van der Waals surface area contributed by atoms with Gasteiger partial charge in [-0.05, 0) is 44.2 Å². The van der Waals surface area contributed by atoms with Crippen LogP contribution < -0.4 is 5.32 Å². The van der Waals surface area contributed by atoms with Crippen molar-refractivity contribution in [1.29, 1.82) is 0 Å². The van der Waals surface area contributed by atoms with E-state index in [4.69, 9.17) is 4.74 Å². The quantitative estimate of drug-likeness (QED) is 0.922. The molecule has 0 bridgehead atoms. The third-order valence-corrected chi connectivity index (χ3v) is 3.88. The standard InChI is InChI=1S/C19H30N2O2/c1-14(2)12-15-6-8-16(9-7-15)17-13-20-10-11-21(17)18(22)23-19(3,4)5/h6-9,14,17,20H,10-13H2,1-5H3. The van der Waals surface area contributed by atoms with Gasteiger partial charge >= 0.3 is 6.09 Å². The maximum absolute atomic E-state index is 12.5. The molecule has 1 N–H and O–H groups in total. The Labute approximate surface area is 140 Å². The van der Waals surface area contributed by atoms with Crippen LogP contribution in [0.2, 0.25) is 0 Å². The average molecular weight is 318 g/mol. The first-order valence-electron chi connectivity index (χ1n) is 8.55. The maximum Gasteiger partial charge on any atom is 0.410 e. The number of hydrogen-bond donors (Lipinski definition) is 1. The minimum atomic E-state index is -0.465. The van der Waals surface area contributed by atoms with Gasteiger partial charge in [-0.2, -0.15) is 0 Å². The predicted octanol–water partition coefficient (Wildman–Crippen LogP) is 3.77. The van der Waals surface area contributed by atoms with Crippen molar-refractivity contribution in [2.45, 2.75) is 52.7 Å². The lowest BCUT2D eigenvalue weighted by Crippen LogP contribution is -2.50. The summed E-state index contributed by atoms with van der Waals surface area (Å²) in [5.41, 5.74) is 2.04. The van der Waals surface area contributed by atoms with Crippen LogP contribution in [0.25, 0.3) is 0 Å². The Morgan fingerprint density at radius 1 is 1.30 bits per heavy atom. The fourth-order valence-corrected chi connectivity index (χ4v) is 2.89. The second-order valence-electron chi connectivity index (χ2n) is 7.73. The van der Waals surface area contributed by atoms with Crippen molar-refractivity contribution >= 4 is 6.09 Å². The summed E-state index contributed by atoms with van der Waals surface area (Å²) in [6, 6.07) is 8.68. The first-order valence-corrected chi connectivity index (χ1v) is 8.55. The molecular weight excluding hydrogens is 288 g/mol. The minimum Gasteiger partial charge on any atom is -0.444 e. The molecule has 0 saturated carbocycles. The third kappa shape index (κ3) is 5.24. The number of amides is 1. The summed E-state index contributed by atoms with van der Waals surface area (Å²) in [5.74, 6) is 0.649. The predicted molar refractivity (Wildman–Crippen MR) is 93.5 cm³/mol. The molecule has 1 aromatic rings. The molecule has 2 rings (SSSR count). The number of rotatable bonds is 3. The maximum atomic E-state index is 12.5. The molecule has 0 aromatic heterocycles. The molecule has 23 heavy (non-hydrogen) atoms. The average Bonchev–Trinajstić information content (AvgIpc) is 2.46. The van der Waals surface area contributed by atoms with E-state index < -0.39 is 5.60 Å². The Kier molecular flexibility index (Phi) is 5.69. The highest BCUT2D eigenvalue weighted by Gasteiger charge is 2.31. The Balaban J connectivity index is 2.13. The van der Waals surface area contributed by atoms with Crippen LogP contribution in [0.4, 0.5) is 4.79 Å². The Hall–Kier alpha value is -1.55. The van der Waals surface area contributed by atoms with Gasteiger partial charge in [-0.25, -0.2) is 4.79 Å². The highest BCUT2D eigenvalue weighted by atomic mass is 16.6. The molecule has 1 aliphatic rings. The van der Waals surface area contributed by atoms with E-state index in [1.807, 2.05) is 25.7 Å². The molecule has 0 radical (unpaired) electrons. The Morgan fingerprint density at radius 2 is 1.96 bits per heavy atom.